The predicted octanol–water partition coefficient (Wildman–Crippen LogP) is 2.97. The summed E-state index contributed by atoms with van der Waals surface area (Å²) in [5.41, 5.74) is 1.40. The standard InChI is InChI=1S/C20H16F2N4O3/c1-11(12-2-5-18-16(8-12)24-19(27)10-29-18)23-20(28)15-6-7-26(25-15)17-4-3-13(21)9-14(17)22/h2-9,11H,10H2,1H3,(H,23,28)(H,24,27)/t11-/m1/s1. The summed E-state index contributed by atoms with van der Waals surface area (Å²) in [6, 6.07) is 9.38. The average Bonchev–Trinajstić information content (AvgIpc) is 3.17. The molecule has 0 radical (unpaired) electrons. The van der Waals surface area contributed by atoms with E-state index in [1.807, 2.05) is 0 Å². The lowest BCUT2D eigenvalue weighted by Crippen LogP contribution is -2.28. The smallest absolute Gasteiger partial charge is 0.272 e. The van der Waals surface area contributed by atoms with Crippen molar-refractivity contribution in [2.75, 3.05) is 11.9 Å². The Bertz CT molecular complexity index is 1110. The van der Waals surface area contributed by atoms with Crippen LogP contribution in [-0.2, 0) is 4.79 Å². The van der Waals surface area contributed by atoms with Crippen molar-refractivity contribution < 1.29 is 23.1 Å². The molecule has 3 aromatic rings. The van der Waals surface area contributed by atoms with Crippen molar-refractivity contribution in [2.45, 2.75) is 13.0 Å². The zero-order valence-corrected chi connectivity index (χ0v) is 15.3. The molecule has 0 saturated heterocycles. The maximum atomic E-state index is 13.9. The molecule has 2 N–H and O–H groups in total. The highest BCUT2D eigenvalue weighted by molar-refractivity contribution is 5.95. The number of nitrogens with one attached hydrogen (secondary N) is 2. The van der Waals surface area contributed by atoms with Crippen molar-refractivity contribution in [3.8, 4) is 11.4 Å². The third-order valence-electron chi connectivity index (χ3n) is 4.46. The molecule has 0 unspecified atom stereocenters. The monoisotopic (exact) mass is 398 g/mol. The van der Waals surface area contributed by atoms with E-state index in [2.05, 4.69) is 15.7 Å². The second-order valence-corrected chi connectivity index (χ2v) is 6.53. The number of ether oxygens (including phenoxy) is 1. The predicted molar refractivity (Wildman–Crippen MR) is 99.9 cm³/mol. The van der Waals surface area contributed by atoms with E-state index < -0.39 is 17.5 Å². The van der Waals surface area contributed by atoms with Crippen molar-refractivity contribution in [2.24, 2.45) is 0 Å². The molecule has 1 atom stereocenters. The van der Waals surface area contributed by atoms with Gasteiger partial charge in [-0.15, -0.1) is 0 Å². The van der Waals surface area contributed by atoms with Gasteiger partial charge >= 0.3 is 0 Å². The number of hydrogen-bond acceptors (Lipinski definition) is 4. The molecule has 7 nitrogen and oxygen atoms in total. The van der Waals surface area contributed by atoms with Crippen LogP contribution < -0.4 is 15.4 Å². The van der Waals surface area contributed by atoms with Gasteiger partial charge in [-0.2, -0.15) is 5.10 Å². The molecule has 9 heteroatoms. The summed E-state index contributed by atoms with van der Waals surface area (Å²) in [6.07, 6.45) is 1.42. The number of aromatic nitrogens is 2. The highest BCUT2D eigenvalue weighted by atomic mass is 19.1. The van der Waals surface area contributed by atoms with E-state index in [1.54, 1.807) is 25.1 Å². The minimum Gasteiger partial charge on any atom is -0.482 e. The Kier molecular flexibility index (Phi) is 4.71. The zero-order valence-electron chi connectivity index (χ0n) is 15.3. The Balaban J connectivity index is 1.49. The summed E-state index contributed by atoms with van der Waals surface area (Å²) in [5, 5.41) is 9.58. The summed E-state index contributed by atoms with van der Waals surface area (Å²) < 4.78 is 33.4. The number of benzene rings is 2. The molecule has 2 aromatic carbocycles. The molecule has 0 bridgehead atoms. The number of nitrogens with zero attached hydrogens (tertiary/aromatic N) is 2. The van der Waals surface area contributed by atoms with Crippen LogP contribution in [0.25, 0.3) is 5.69 Å². The topological polar surface area (TPSA) is 85.3 Å². The molecule has 148 valence electrons. The van der Waals surface area contributed by atoms with Crippen molar-refractivity contribution in [3.05, 3.63) is 71.6 Å². The van der Waals surface area contributed by atoms with Gasteiger partial charge in [0.05, 0.1) is 11.7 Å². The largest absolute Gasteiger partial charge is 0.482 e. The van der Waals surface area contributed by atoms with E-state index >= 15 is 0 Å². The van der Waals surface area contributed by atoms with Crippen LogP contribution in [0.3, 0.4) is 0 Å². The fraction of sp³-hybridized carbons (Fsp3) is 0.150. The third kappa shape index (κ3) is 3.79. The number of carbonyl (C=O) groups excluding carboxylic acids is 2. The van der Waals surface area contributed by atoms with Crippen LogP contribution in [0.15, 0.2) is 48.7 Å². The molecule has 0 aliphatic carbocycles. The average molecular weight is 398 g/mol. The number of anilines is 1. The minimum atomic E-state index is -0.785. The SMILES string of the molecule is C[C@@H](NC(=O)c1ccn(-c2ccc(F)cc2F)n1)c1ccc2c(c1)NC(=O)CO2. The van der Waals surface area contributed by atoms with Crippen molar-refractivity contribution in [3.63, 3.8) is 0 Å². The first kappa shape index (κ1) is 18.6. The number of halogens is 2. The lowest BCUT2D eigenvalue weighted by molar-refractivity contribution is -0.118. The fourth-order valence-electron chi connectivity index (χ4n) is 2.97. The Morgan fingerprint density at radius 3 is 2.86 bits per heavy atom. The summed E-state index contributed by atoms with van der Waals surface area (Å²) in [6.45, 7) is 1.75. The van der Waals surface area contributed by atoms with E-state index in [0.29, 0.717) is 11.4 Å². The lowest BCUT2D eigenvalue weighted by Gasteiger charge is -2.20. The van der Waals surface area contributed by atoms with Crippen LogP contribution in [0.2, 0.25) is 0 Å². The van der Waals surface area contributed by atoms with Crippen molar-refractivity contribution in [1.82, 2.24) is 15.1 Å². The quantitative estimate of drug-likeness (QED) is 0.708. The van der Waals surface area contributed by atoms with Gasteiger partial charge in [0.15, 0.2) is 18.1 Å². The van der Waals surface area contributed by atoms with Crippen LogP contribution in [0, 0.1) is 11.6 Å². The molecule has 0 spiro atoms. The third-order valence-corrected chi connectivity index (χ3v) is 4.46. The lowest BCUT2D eigenvalue weighted by atomic mass is 10.1. The molecule has 4 rings (SSSR count). The van der Waals surface area contributed by atoms with Gasteiger partial charge in [-0.1, -0.05) is 6.07 Å². The molecule has 1 aromatic heterocycles. The number of fused-ring (bicyclic) bond motifs is 1. The van der Waals surface area contributed by atoms with Gasteiger partial charge in [0.25, 0.3) is 11.8 Å². The highest BCUT2D eigenvalue weighted by Gasteiger charge is 2.19. The van der Waals surface area contributed by atoms with Crippen LogP contribution in [0.5, 0.6) is 5.75 Å². The van der Waals surface area contributed by atoms with Crippen LogP contribution in [-0.4, -0.2) is 28.2 Å². The number of hydrogen-bond donors (Lipinski definition) is 2. The van der Waals surface area contributed by atoms with E-state index in [1.165, 1.54) is 23.0 Å². The summed E-state index contributed by atoms with van der Waals surface area (Å²) >= 11 is 0. The normalized spacial score (nSPS) is 13.8. The second-order valence-electron chi connectivity index (χ2n) is 6.53. The molecule has 1 aliphatic rings. The number of rotatable bonds is 4. The summed E-state index contributed by atoms with van der Waals surface area (Å²) in [7, 11) is 0. The van der Waals surface area contributed by atoms with E-state index in [-0.39, 0.29) is 29.9 Å². The molecular formula is C20H16F2N4O3. The van der Waals surface area contributed by atoms with E-state index in [9.17, 15) is 18.4 Å². The van der Waals surface area contributed by atoms with E-state index in [4.69, 9.17) is 4.74 Å². The molecule has 0 saturated carbocycles. The molecule has 2 amide bonds. The Morgan fingerprint density at radius 2 is 2.07 bits per heavy atom. The van der Waals surface area contributed by atoms with Gasteiger partial charge in [0, 0.05) is 12.3 Å². The maximum absolute atomic E-state index is 13.9. The summed E-state index contributed by atoms with van der Waals surface area (Å²) in [4.78, 5) is 24.0. The van der Waals surface area contributed by atoms with Gasteiger partial charge in [-0.05, 0) is 42.8 Å². The molecule has 0 fully saturated rings. The second kappa shape index (κ2) is 7.34. The number of carbonyl (C=O) groups is 2. The van der Waals surface area contributed by atoms with Crippen LogP contribution >= 0.6 is 0 Å². The van der Waals surface area contributed by atoms with Gasteiger partial charge in [0.2, 0.25) is 0 Å². The minimum absolute atomic E-state index is 0.0314. The van der Waals surface area contributed by atoms with Gasteiger partial charge in [-0.3, -0.25) is 9.59 Å². The maximum Gasteiger partial charge on any atom is 0.272 e. The van der Waals surface area contributed by atoms with Crippen molar-refractivity contribution in [1.29, 1.82) is 0 Å². The van der Waals surface area contributed by atoms with Crippen LogP contribution in [0.4, 0.5) is 14.5 Å². The van der Waals surface area contributed by atoms with Gasteiger partial charge in [-0.25, -0.2) is 13.5 Å². The van der Waals surface area contributed by atoms with Gasteiger partial charge < -0.3 is 15.4 Å². The first-order valence-corrected chi connectivity index (χ1v) is 8.79. The zero-order chi connectivity index (χ0) is 20.5. The fourth-order valence-corrected chi connectivity index (χ4v) is 2.97. The highest BCUT2D eigenvalue weighted by Crippen LogP contribution is 2.30. The van der Waals surface area contributed by atoms with E-state index in [0.717, 1.165) is 17.7 Å². The molecule has 2 heterocycles. The molecule has 1 aliphatic heterocycles. The van der Waals surface area contributed by atoms with Crippen molar-refractivity contribution >= 4 is 17.5 Å². The summed E-state index contributed by atoms with van der Waals surface area (Å²) in [5.74, 6) is -1.63. The number of amides is 2. The Morgan fingerprint density at radius 1 is 1.24 bits per heavy atom. The Hall–Kier alpha value is -3.75. The Labute approximate surface area is 164 Å². The van der Waals surface area contributed by atoms with Crippen LogP contribution in [0.1, 0.15) is 29.0 Å². The molecule has 29 heavy (non-hydrogen) atoms. The first-order chi connectivity index (χ1) is 13.9. The first-order valence-electron chi connectivity index (χ1n) is 8.79. The molecular weight excluding hydrogens is 382 g/mol. The van der Waals surface area contributed by atoms with Gasteiger partial charge in [0.1, 0.15) is 17.3 Å².